The minimum atomic E-state index is -0.224. The zero-order valence-electron chi connectivity index (χ0n) is 17.0. The van der Waals surface area contributed by atoms with Gasteiger partial charge in [0.15, 0.2) is 11.5 Å². The highest BCUT2D eigenvalue weighted by Crippen LogP contribution is 2.36. The van der Waals surface area contributed by atoms with Gasteiger partial charge in [0.25, 0.3) is 5.91 Å². The number of carbonyl (C=O) groups excluding carboxylic acids is 1. The van der Waals surface area contributed by atoms with Gasteiger partial charge in [-0.25, -0.2) is 4.98 Å². The van der Waals surface area contributed by atoms with Crippen LogP contribution in [0.3, 0.4) is 0 Å². The fourth-order valence-corrected chi connectivity index (χ4v) is 3.51. The van der Waals surface area contributed by atoms with Crippen LogP contribution in [0.2, 0.25) is 5.02 Å². The van der Waals surface area contributed by atoms with E-state index in [0.717, 1.165) is 30.9 Å². The molecule has 156 valence electrons. The number of hydrogen-bond acceptors (Lipinski definition) is 5. The highest BCUT2D eigenvalue weighted by molar-refractivity contribution is 6.32. The molecule has 1 aromatic carbocycles. The molecule has 2 heterocycles. The Morgan fingerprint density at radius 2 is 2.00 bits per heavy atom. The number of hydrogen-bond donors (Lipinski definition) is 1. The van der Waals surface area contributed by atoms with Crippen LogP contribution in [0.5, 0.6) is 11.5 Å². The summed E-state index contributed by atoms with van der Waals surface area (Å²) in [5, 5.41) is 3.28. The van der Waals surface area contributed by atoms with Gasteiger partial charge in [0.1, 0.15) is 5.82 Å². The van der Waals surface area contributed by atoms with Crippen molar-refractivity contribution in [3.8, 4) is 11.5 Å². The van der Waals surface area contributed by atoms with E-state index in [4.69, 9.17) is 21.1 Å². The summed E-state index contributed by atoms with van der Waals surface area (Å²) in [6, 6.07) is 7.29. The third-order valence-electron chi connectivity index (χ3n) is 4.71. The summed E-state index contributed by atoms with van der Waals surface area (Å²) in [4.78, 5) is 19.4. The van der Waals surface area contributed by atoms with Crippen LogP contribution < -0.4 is 19.7 Å². The Morgan fingerprint density at radius 1 is 1.21 bits per heavy atom. The molecule has 1 amide bonds. The van der Waals surface area contributed by atoms with Gasteiger partial charge in [0.2, 0.25) is 0 Å². The summed E-state index contributed by atoms with van der Waals surface area (Å²) in [7, 11) is 0. The van der Waals surface area contributed by atoms with E-state index in [1.165, 1.54) is 12.8 Å². The van der Waals surface area contributed by atoms with Crippen molar-refractivity contribution in [2.45, 2.75) is 39.7 Å². The number of anilines is 1. The fraction of sp³-hybridized carbons (Fsp3) is 0.455. The molecule has 7 heteroatoms. The van der Waals surface area contributed by atoms with Crippen LogP contribution in [-0.4, -0.2) is 37.2 Å². The number of nitrogens with one attached hydrogen (secondary N) is 1. The van der Waals surface area contributed by atoms with E-state index in [9.17, 15) is 4.79 Å². The minimum absolute atomic E-state index is 0.224. The van der Waals surface area contributed by atoms with E-state index >= 15 is 0 Å². The predicted molar refractivity (Wildman–Crippen MR) is 115 cm³/mol. The molecule has 1 fully saturated rings. The second-order valence-corrected chi connectivity index (χ2v) is 7.38. The Hall–Kier alpha value is -2.47. The van der Waals surface area contributed by atoms with Crippen LogP contribution >= 0.6 is 11.6 Å². The molecule has 1 N–H and O–H groups in total. The first-order valence-electron chi connectivity index (χ1n) is 10.2. The topological polar surface area (TPSA) is 63.7 Å². The number of halogens is 1. The van der Waals surface area contributed by atoms with Crippen LogP contribution in [0.25, 0.3) is 0 Å². The first-order chi connectivity index (χ1) is 14.1. The molecule has 0 aliphatic carbocycles. The normalized spacial score (nSPS) is 13.4. The van der Waals surface area contributed by atoms with Gasteiger partial charge in [-0.3, -0.25) is 4.79 Å². The zero-order chi connectivity index (χ0) is 20.6. The minimum Gasteiger partial charge on any atom is -0.490 e. The SMILES string of the molecule is CCCOc1c(Cl)cc(C(=O)NCc2ccc(N3CCCC3)nc2)cc1OCC. The van der Waals surface area contributed by atoms with Gasteiger partial charge in [-0.2, -0.15) is 0 Å². The van der Waals surface area contributed by atoms with Crippen molar-refractivity contribution in [1.82, 2.24) is 10.3 Å². The standard InChI is InChI=1S/C22H28ClN3O3/c1-3-11-29-21-18(23)12-17(13-19(21)28-4-2)22(27)25-15-16-7-8-20(24-14-16)26-9-5-6-10-26/h7-8,12-14H,3-6,9-11,15H2,1-2H3,(H,25,27). The second kappa shape index (κ2) is 10.3. The monoisotopic (exact) mass is 417 g/mol. The van der Waals surface area contributed by atoms with Crippen LogP contribution in [-0.2, 0) is 6.54 Å². The zero-order valence-corrected chi connectivity index (χ0v) is 17.8. The fourth-order valence-electron chi connectivity index (χ4n) is 3.25. The molecule has 0 saturated carbocycles. The van der Waals surface area contributed by atoms with Gasteiger partial charge < -0.3 is 19.7 Å². The van der Waals surface area contributed by atoms with Crippen LogP contribution in [0.15, 0.2) is 30.5 Å². The molecular weight excluding hydrogens is 390 g/mol. The van der Waals surface area contributed by atoms with Crippen molar-refractivity contribution in [2.24, 2.45) is 0 Å². The number of pyridine rings is 1. The van der Waals surface area contributed by atoms with Crippen molar-refractivity contribution in [2.75, 3.05) is 31.2 Å². The summed E-state index contributed by atoms with van der Waals surface area (Å²) < 4.78 is 11.3. The van der Waals surface area contributed by atoms with E-state index < -0.39 is 0 Å². The number of nitrogens with zero attached hydrogens (tertiary/aromatic N) is 2. The smallest absolute Gasteiger partial charge is 0.251 e. The van der Waals surface area contributed by atoms with Gasteiger partial charge in [-0.15, -0.1) is 0 Å². The third kappa shape index (κ3) is 5.54. The third-order valence-corrected chi connectivity index (χ3v) is 5.00. The molecule has 0 atom stereocenters. The van der Waals surface area contributed by atoms with E-state index in [1.54, 1.807) is 12.1 Å². The molecule has 2 aromatic rings. The van der Waals surface area contributed by atoms with Crippen molar-refractivity contribution >= 4 is 23.3 Å². The van der Waals surface area contributed by atoms with E-state index in [2.05, 4.69) is 15.2 Å². The summed E-state index contributed by atoms with van der Waals surface area (Å²) in [6.45, 7) is 7.39. The molecule has 0 unspecified atom stereocenters. The van der Waals surface area contributed by atoms with E-state index in [0.29, 0.717) is 41.8 Å². The Kier molecular flexibility index (Phi) is 7.58. The maximum atomic E-state index is 12.6. The van der Waals surface area contributed by atoms with E-state index in [-0.39, 0.29) is 5.91 Å². The number of benzene rings is 1. The number of aromatic nitrogens is 1. The summed E-state index contributed by atoms with van der Waals surface area (Å²) in [5.41, 5.74) is 1.38. The van der Waals surface area contributed by atoms with Crippen molar-refractivity contribution in [1.29, 1.82) is 0 Å². The highest BCUT2D eigenvalue weighted by Gasteiger charge is 2.17. The molecule has 0 bridgehead atoms. The van der Waals surface area contributed by atoms with Crippen LogP contribution in [0, 0.1) is 0 Å². The molecule has 1 aliphatic rings. The maximum Gasteiger partial charge on any atom is 0.251 e. The van der Waals surface area contributed by atoms with Gasteiger partial charge in [-0.05, 0) is 49.9 Å². The molecule has 0 spiro atoms. The first kappa shape index (κ1) is 21.2. The summed E-state index contributed by atoms with van der Waals surface area (Å²) in [6.07, 6.45) is 5.10. The van der Waals surface area contributed by atoms with Gasteiger partial charge >= 0.3 is 0 Å². The molecule has 1 saturated heterocycles. The Balaban J connectivity index is 1.65. The Morgan fingerprint density at radius 3 is 2.66 bits per heavy atom. The molecule has 1 aliphatic heterocycles. The van der Waals surface area contributed by atoms with Crippen molar-refractivity contribution in [3.63, 3.8) is 0 Å². The lowest BCUT2D eigenvalue weighted by molar-refractivity contribution is 0.0950. The summed E-state index contributed by atoms with van der Waals surface area (Å²) >= 11 is 6.35. The number of ether oxygens (including phenoxy) is 2. The predicted octanol–water partition coefficient (Wildman–Crippen LogP) is 4.45. The number of carbonyl (C=O) groups is 1. The largest absolute Gasteiger partial charge is 0.490 e. The first-order valence-corrected chi connectivity index (χ1v) is 10.6. The molecule has 1 aromatic heterocycles. The average molecular weight is 418 g/mol. The molecule has 6 nitrogen and oxygen atoms in total. The van der Waals surface area contributed by atoms with Gasteiger partial charge in [-0.1, -0.05) is 24.6 Å². The lowest BCUT2D eigenvalue weighted by Crippen LogP contribution is -2.23. The van der Waals surface area contributed by atoms with Crippen LogP contribution in [0.4, 0.5) is 5.82 Å². The lowest BCUT2D eigenvalue weighted by atomic mass is 10.1. The van der Waals surface area contributed by atoms with E-state index in [1.807, 2.05) is 32.2 Å². The quantitative estimate of drug-likeness (QED) is 0.652. The van der Waals surface area contributed by atoms with Crippen molar-refractivity contribution in [3.05, 3.63) is 46.6 Å². The molecule has 3 rings (SSSR count). The van der Waals surface area contributed by atoms with Gasteiger partial charge in [0, 0.05) is 31.4 Å². The Bertz CT molecular complexity index is 821. The number of amides is 1. The second-order valence-electron chi connectivity index (χ2n) is 6.97. The summed E-state index contributed by atoms with van der Waals surface area (Å²) in [5.74, 6) is 1.73. The maximum absolute atomic E-state index is 12.6. The number of rotatable bonds is 9. The average Bonchev–Trinajstić information content (AvgIpc) is 3.27. The molecule has 0 radical (unpaired) electrons. The lowest BCUT2D eigenvalue weighted by Gasteiger charge is -2.16. The van der Waals surface area contributed by atoms with Gasteiger partial charge in [0.05, 0.1) is 18.2 Å². The van der Waals surface area contributed by atoms with Crippen LogP contribution in [0.1, 0.15) is 49.0 Å². The molecule has 29 heavy (non-hydrogen) atoms. The Labute approximate surface area is 177 Å². The van der Waals surface area contributed by atoms with Crippen molar-refractivity contribution < 1.29 is 14.3 Å². The molecular formula is C22H28ClN3O3. The highest BCUT2D eigenvalue weighted by atomic mass is 35.5.